The number of furan rings is 1. The van der Waals surface area contributed by atoms with Crippen molar-refractivity contribution in [2.24, 2.45) is 0 Å². The number of aryl methyl sites for hydroxylation is 1. The summed E-state index contributed by atoms with van der Waals surface area (Å²) in [5.74, 6) is 0.232. The van der Waals surface area contributed by atoms with E-state index in [1.54, 1.807) is 23.0 Å². The van der Waals surface area contributed by atoms with Gasteiger partial charge in [0.15, 0.2) is 5.76 Å². The summed E-state index contributed by atoms with van der Waals surface area (Å²) in [4.78, 5) is 27.6. The molecule has 1 aliphatic heterocycles. The summed E-state index contributed by atoms with van der Waals surface area (Å²) >= 11 is 0. The van der Waals surface area contributed by atoms with Crippen LogP contribution in [0.4, 0.5) is 5.69 Å². The van der Waals surface area contributed by atoms with Crippen LogP contribution in [0.15, 0.2) is 53.2 Å². The van der Waals surface area contributed by atoms with Gasteiger partial charge in [-0.3, -0.25) is 14.3 Å². The van der Waals surface area contributed by atoms with Crippen LogP contribution in [0.1, 0.15) is 40.3 Å². The lowest BCUT2D eigenvalue weighted by Crippen LogP contribution is -2.42. The van der Waals surface area contributed by atoms with E-state index in [0.29, 0.717) is 25.5 Å². The number of anilines is 1. The molecule has 1 N–H and O–H groups in total. The summed E-state index contributed by atoms with van der Waals surface area (Å²) in [5, 5.41) is 7.09. The molecule has 1 aliphatic rings. The highest BCUT2D eigenvalue weighted by atomic mass is 16.5. The van der Waals surface area contributed by atoms with Gasteiger partial charge in [-0.25, -0.2) is 0 Å². The van der Waals surface area contributed by atoms with E-state index in [2.05, 4.69) is 10.4 Å². The topological polar surface area (TPSA) is 89.6 Å². The highest BCUT2D eigenvalue weighted by Crippen LogP contribution is 2.19. The van der Waals surface area contributed by atoms with Gasteiger partial charge in [0.1, 0.15) is 12.3 Å². The fourth-order valence-corrected chi connectivity index (χ4v) is 3.79. The molecule has 0 bridgehead atoms. The zero-order valence-electron chi connectivity index (χ0n) is 18.4. The first kappa shape index (κ1) is 21.8. The van der Waals surface area contributed by atoms with E-state index in [0.717, 1.165) is 29.7 Å². The first-order chi connectivity index (χ1) is 15.5. The Morgan fingerprint density at radius 3 is 2.84 bits per heavy atom. The number of amides is 2. The number of ether oxygens (including phenoxy) is 1. The quantitative estimate of drug-likeness (QED) is 0.585. The minimum absolute atomic E-state index is 0.0778. The highest BCUT2D eigenvalue weighted by Gasteiger charge is 2.27. The molecule has 2 aromatic heterocycles. The van der Waals surface area contributed by atoms with Crippen molar-refractivity contribution in [3.8, 4) is 0 Å². The van der Waals surface area contributed by atoms with E-state index in [1.165, 1.54) is 4.90 Å². The standard InChI is InChI=1S/C24H28N4O4/c1-17-6-3-8-21(18(17)2)26-23(29)16-27(14-19-7-4-13-31-19)24(30)22-10-9-20(32-22)15-28-12-5-11-25-28/h3,5-6,8-12,19H,4,7,13-16H2,1-2H3,(H,26,29). The normalized spacial score (nSPS) is 15.6. The Morgan fingerprint density at radius 1 is 1.22 bits per heavy atom. The molecule has 8 heteroatoms. The smallest absolute Gasteiger partial charge is 0.290 e. The lowest BCUT2D eigenvalue weighted by atomic mass is 10.1. The van der Waals surface area contributed by atoms with Gasteiger partial charge in [0.25, 0.3) is 5.91 Å². The molecule has 32 heavy (non-hydrogen) atoms. The Bertz CT molecular complexity index is 1070. The van der Waals surface area contributed by atoms with E-state index in [4.69, 9.17) is 9.15 Å². The zero-order valence-corrected chi connectivity index (χ0v) is 18.4. The van der Waals surface area contributed by atoms with E-state index in [1.807, 2.05) is 44.3 Å². The minimum atomic E-state index is -0.330. The van der Waals surface area contributed by atoms with E-state index in [9.17, 15) is 9.59 Å². The van der Waals surface area contributed by atoms with Crippen LogP contribution in [-0.2, 0) is 16.1 Å². The van der Waals surface area contributed by atoms with Crippen LogP contribution < -0.4 is 5.32 Å². The molecule has 0 spiro atoms. The van der Waals surface area contributed by atoms with Crippen molar-refractivity contribution < 1.29 is 18.7 Å². The maximum Gasteiger partial charge on any atom is 0.290 e. The van der Waals surface area contributed by atoms with Gasteiger partial charge < -0.3 is 19.4 Å². The number of hydrogen-bond donors (Lipinski definition) is 1. The molecule has 0 aliphatic carbocycles. The molecule has 1 unspecified atom stereocenters. The summed E-state index contributed by atoms with van der Waals surface area (Å²) in [6.45, 7) is 5.32. The number of carbonyl (C=O) groups is 2. The van der Waals surface area contributed by atoms with Crippen LogP contribution in [0.25, 0.3) is 0 Å². The maximum absolute atomic E-state index is 13.2. The van der Waals surface area contributed by atoms with Gasteiger partial charge in [-0.2, -0.15) is 5.10 Å². The molecule has 3 heterocycles. The molecule has 0 radical (unpaired) electrons. The average Bonchev–Trinajstić information content (AvgIpc) is 3.54. The number of aromatic nitrogens is 2. The number of hydrogen-bond acceptors (Lipinski definition) is 5. The third-order valence-electron chi connectivity index (χ3n) is 5.70. The Kier molecular flexibility index (Phi) is 6.70. The third kappa shape index (κ3) is 5.26. The predicted molar refractivity (Wildman–Crippen MR) is 119 cm³/mol. The van der Waals surface area contributed by atoms with Crippen molar-refractivity contribution in [1.29, 1.82) is 0 Å². The maximum atomic E-state index is 13.2. The molecule has 1 atom stereocenters. The van der Waals surface area contributed by atoms with Gasteiger partial charge in [-0.1, -0.05) is 12.1 Å². The second-order valence-electron chi connectivity index (χ2n) is 8.09. The van der Waals surface area contributed by atoms with E-state index in [-0.39, 0.29) is 30.2 Å². The van der Waals surface area contributed by atoms with Gasteiger partial charge in [0, 0.05) is 31.2 Å². The van der Waals surface area contributed by atoms with Crippen LogP contribution in [0.5, 0.6) is 0 Å². The van der Waals surface area contributed by atoms with Crippen molar-refractivity contribution in [1.82, 2.24) is 14.7 Å². The number of nitrogens with zero attached hydrogens (tertiary/aromatic N) is 3. The van der Waals surface area contributed by atoms with Gasteiger partial charge in [0.2, 0.25) is 5.91 Å². The largest absolute Gasteiger partial charge is 0.454 e. The molecule has 1 fully saturated rings. The second-order valence-corrected chi connectivity index (χ2v) is 8.09. The minimum Gasteiger partial charge on any atom is -0.454 e. The molecule has 1 aromatic carbocycles. The second kappa shape index (κ2) is 9.82. The van der Waals surface area contributed by atoms with Gasteiger partial charge >= 0.3 is 0 Å². The fourth-order valence-electron chi connectivity index (χ4n) is 3.79. The Balaban J connectivity index is 1.47. The first-order valence-electron chi connectivity index (χ1n) is 10.8. The number of rotatable bonds is 8. The highest BCUT2D eigenvalue weighted by molar-refractivity contribution is 5.98. The van der Waals surface area contributed by atoms with Gasteiger partial charge in [0.05, 0.1) is 12.6 Å². The van der Waals surface area contributed by atoms with Crippen LogP contribution in [0.2, 0.25) is 0 Å². The fraction of sp³-hybridized carbons (Fsp3) is 0.375. The molecular weight excluding hydrogens is 408 g/mol. The van der Waals surface area contributed by atoms with Crippen molar-refractivity contribution in [2.75, 3.05) is 25.0 Å². The molecule has 168 valence electrons. The lowest BCUT2D eigenvalue weighted by Gasteiger charge is -2.24. The predicted octanol–water partition coefficient (Wildman–Crippen LogP) is 3.40. The molecule has 0 saturated carbocycles. The summed E-state index contributed by atoms with van der Waals surface area (Å²) in [5.41, 5.74) is 2.85. The van der Waals surface area contributed by atoms with E-state index < -0.39 is 0 Å². The molecular formula is C24H28N4O4. The molecule has 3 aromatic rings. The Labute approximate surface area is 187 Å². The summed E-state index contributed by atoms with van der Waals surface area (Å²) in [6, 6.07) is 11.0. The van der Waals surface area contributed by atoms with Crippen LogP contribution in [0, 0.1) is 13.8 Å². The SMILES string of the molecule is Cc1cccc(NC(=O)CN(CC2CCCO2)C(=O)c2ccc(Cn3cccn3)o2)c1C. The van der Waals surface area contributed by atoms with Gasteiger partial charge in [-0.15, -0.1) is 0 Å². The molecule has 2 amide bonds. The molecule has 1 saturated heterocycles. The van der Waals surface area contributed by atoms with Crippen molar-refractivity contribution in [3.63, 3.8) is 0 Å². The molecule has 8 nitrogen and oxygen atoms in total. The van der Waals surface area contributed by atoms with E-state index >= 15 is 0 Å². The van der Waals surface area contributed by atoms with Crippen LogP contribution >= 0.6 is 0 Å². The van der Waals surface area contributed by atoms with Crippen molar-refractivity contribution in [3.05, 3.63) is 71.4 Å². The Hall–Kier alpha value is -3.39. The Morgan fingerprint density at radius 2 is 2.09 bits per heavy atom. The van der Waals surface area contributed by atoms with Crippen LogP contribution in [-0.4, -0.2) is 52.3 Å². The summed E-state index contributed by atoms with van der Waals surface area (Å²) in [7, 11) is 0. The zero-order chi connectivity index (χ0) is 22.5. The monoisotopic (exact) mass is 436 g/mol. The molecule has 4 rings (SSSR count). The number of benzene rings is 1. The van der Waals surface area contributed by atoms with Crippen molar-refractivity contribution >= 4 is 17.5 Å². The van der Waals surface area contributed by atoms with Gasteiger partial charge in [-0.05, 0) is 62.1 Å². The van der Waals surface area contributed by atoms with Crippen molar-refractivity contribution in [2.45, 2.75) is 39.3 Å². The first-order valence-corrected chi connectivity index (χ1v) is 10.8. The summed E-state index contributed by atoms with van der Waals surface area (Å²) in [6.07, 6.45) is 5.26. The summed E-state index contributed by atoms with van der Waals surface area (Å²) < 4.78 is 13.2. The van der Waals surface area contributed by atoms with Crippen LogP contribution in [0.3, 0.4) is 0 Å². The lowest BCUT2D eigenvalue weighted by molar-refractivity contribution is -0.117. The number of carbonyl (C=O) groups excluding carboxylic acids is 2. The number of nitrogens with one attached hydrogen (secondary N) is 1. The average molecular weight is 437 g/mol. The third-order valence-corrected chi connectivity index (χ3v) is 5.70.